The first-order valence-corrected chi connectivity index (χ1v) is 9.78. The van der Waals surface area contributed by atoms with E-state index in [9.17, 15) is 14.7 Å². The summed E-state index contributed by atoms with van der Waals surface area (Å²) in [5, 5.41) is 14.9. The number of hydrogen-bond donors (Lipinski definition) is 2. The van der Waals surface area contributed by atoms with E-state index in [0.717, 1.165) is 17.1 Å². The molecule has 148 valence electrons. The summed E-state index contributed by atoms with van der Waals surface area (Å²) >= 11 is 1.58. The Morgan fingerprint density at radius 1 is 1.38 bits per heavy atom. The Kier molecular flexibility index (Phi) is 8.49. The van der Waals surface area contributed by atoms with Crippen molar-refractivity contribution in [3.05, 3.63) is 16.1 Å². The molecule has 0 spiro atoms. The van der Waals surface area contributed by atoms with E-state index in [1.807, 2.05) is 33.1 Å². The van der Waals surface area contributed by atoms with Gasteiger partial charge in [0, 0.05) is 17.8 Å². The number of carboxylic acids is 1. The van der Waals surface area contributed by atoms with Crippen molar-refractivity contribution >= 4 is 23.3 Å². The summed E-state index contributed by atoms with van der Waals surface area (Å²) in [6, 6.07) is -1.52. The van der Waals surface area contributed by atoms with Crippen LogP contribution in [0.5, 0.6) is 0 Å². The first-order valence-electron chi connectivity index (χ1n) is 8.90. The number of carbonyl (C=O) groups excluding carboxylic acids is 1. The molecular formula is C18H31N3O4S. The third-order valence-electron chi connectivity index (χ3n) is 3.48. The molecule has 0 aliphatic rings. The lowest BCUT2D eigenvalue weighted by Crippen LogP contribution is -2.50. The van der Waals surface area contributed by atoms with Crippen LogP contribution in [0.2, 0.25) is 0 Å². The van der Waals surface area contributed by atoms with Gasteiger partial charge < -0.3 is 20.1 Å². The van der Waals surface area contributed by atoms with Crippen LogP contribution in [0.4, 0.5) is 4.79 Å². The van der Waals surface area contributed by atoms with E-state index in [1.165, 1.54) is 0 Å². The molecule has 8 heteroatoms. The number of nitrogens with one attached hydrogen (secondary N) is 1. The predicted octanol–water partition coefficient (Wildman–Crippen LogP) is 3.46. The van der Waals surface area contributed by atoms with Crippen molar-refractivity contribution in [1.29, 1.82) is 0 Å². The van der Waals surface area contributed by atoms with Crippen molar-refractivity contribution in [2.75, 3.05) is 13.2 Å². The molecule has 0 unspecified atom stereocenters. The normalized spacial score (nSPS) is 12.9. The molecule has 2 N–H and O–H groups in total. The first-order chi connectivity index (χ1) is 12.0. The third kappa shape index (κ3) is 7.70. The second-order valence-corrected chi connectivity index (χ2v) is 8.41. The van der Waals surface area contributed by atoms with E-state index in [2.05, 4.69) is 24.1 Å². The van der Waals surface area contributed by atoms with Crippen LogP contribution in [-0.2, 0) is 16.1 Å². The molecule has 26 heavy (non-hydrogen) atoms. The molecule has 1 atom stereocenters. The highest BCUT2D eigenvalue weighted by molar-refractivity contribution is 7.09. The highest BCUT2D eigenvalue weighted by Crippen LogP contribution is 2.20. The Labute approximate surface area is 159 Å². The van der Waals surface area contributed by atoms with Crippen molar-refractivity contribution < 1.29 is 19.4 Å². The van der Waals surface area contributed by atoms with Gasteiger partial charge in [0.05, 0.1) is 29.5 Å². The lowest BCUT2D eigenvalue weighted by molar-refractivity contribution is -0.142. The lowest BCUT2D eigenvalue weighted by atomic mass is 10.2. The zero-order valence-corrected chi connectivity index (χ0v) is 17.4. The van der Waals surface area contributed by atoms with Gasteiger partial charge in [-0.15, -0.1) is 11.3 Å². The van der Waals surface area contributed by atoms with Gasteiger partial charge in [0.15, 0.2) is 6.04 Å². The summed E-state index contributed by atoms with van der Waals surface area (Å²) < 4.78 is 5.52. The number of hydrogen-bond acceptors (Lipinski definition) is 5. The van der Waals surface area contributed by atoms with Gasteiger partial charge in [-0.3, -0.25) is 0 Å². The monoisotopic (exact) mass is 385 g/mol. The van der Waals surface area contributed by atoms with Gasteiger partial charge in [-0.1, -0.05) is 20.8 Å². The van der Waals surface area contributed by atoms with Gasteiger partial charge in [-0.2, -0.15) is 0 Å². The summed E-state index contributed by atoms with van der Waals surface area (Å²) in [4.78, 5) is 30.2. The average Bonchev–Trinajstić information content (AvgIpc) is 2.98. The van der Waals surface area contributed by atoms with Gasteiger partial charge in [0.1, 0.15) is 0 Å². The SMILES string of the molecule is CCCN(Cc1csc(C(C)C)n1)C(=O)N[C@@H](COC(C)(C)C)C(=O)O. The topological polar surface area (TPSA) is 91.8 Å². The van der Waals surface area contributed by atoms with Crippen LogP contribution in [0.15, 0.2) is 5.38 Å². The number of carbonyl (C=O) groups is 2. The van der Waals surface area contributed by atoms with Crippen LogP contribution in [0.1, 0.15) is 64.6 Å². The molecule has 0 saturated heterocycles. The van der Waals surface area contributed by atoms with Gasteiger partial charge in [-0.05, 0) is 27.2 Å². The molecule has 0 bridgehead atoms. The maximum atomic E-state index is 12.6. The first kappa shape index (κ1) is 22.4. The highest BCUT2D eigenvalue weighted by Gasteiger charge is 2.25. The smallest absolute Gasteiger partial charge is 0.328 e. The molecule has 1 rings (SSSR count). The minimum Gasteiger partial charge on any atom is -0.480 e. The van der Waals surface area contributed by atoms with E-state index in [4.69, 9.17) is 4.74 Å². The van der Waals surface area contributed by atoms with Gasteiger partial charge in [0.2, 0.25) is 0 Å². The standard InChI is InChI=1S/C18H31N3O4S/c1-7-8-21(9-13-11-26-15(19-13)12(2)3)17(24)20-14(16(22)23)10-25-18(4,5)6/h11-12,14H,7-10H2,1-6H3,(H,20,24)(H,22,23)/t14-/m0/s1. The van der Waals surface area contributed by atoms with Crippen molar-refractivity contribution in [3.8, 4) is 0 Å². The van der Waals surface area contributed by atoms with Crippen LogP contribution in [0, 0.1) is 0 Å². The second kappa shape index (κ2) is 9.87. The molecular weight excluding hydrogens is 354 g/mol. The number of aliphatic carboxylic acids is 1. The summed E-state index contributed by atoms with van der Waals surface area (Å²) in [7, 11) is 0. The summed E-state index contributed by atoms with van der Waals surface area (Å²) in [5.41, 5.74) is 0.343. The Hall–Kier alpha value is -1.67. The molecule has 1 aromatic heterocycles. The Morgan fingerprint density at radius 2 is 2.04 bits per heavy atom. The number of nitrogens with zero attached hydrogens (tertiary/aromatic N) is 2. The molecule has 0 aliphatic heterocycles. The van der Waals surface area contributed by atoms with E-state index in [0.29, 0.717) is 19.0 Å². The number of rotatable bonds is 9. The number of ether oxygens (including phenoxy) is 1. The molecule has 0 fully saturated rings. The van der Waals surface area contributed by atoms with Gasteiger partial charge in [0.25, 0.3) is 0 Å². The number of carboxylic acid groups (broad SMARTS) is 1. The minimum absolute atomic E-state index is 0.0846. The fourth-order valence-electron chi connectivity index (χ4n) is 2.13. The highest BCUT2D eigenvalue weighted by atomic mass is 32.1. The molecule has 7 nitrogen and oxygen atoms in total. The predicted molar refractivity (Wildman–Crippen MR) is 103 cm³/mol. The quantitative estimate of drug-likeness (QED) is 0.679. The molecule has 0 aliphatic carbocycles. The van der Waals surface area contributed by atoms with Crippen molar-refractivity contribution in [2.24, 2.45) is 0 Å². The fraction of sp³-hybridized carbons (Fsp3) is 0.722. The zero-order valence-electron chi connectivity index (χ0n) is 16.5. The van der Waals surface area contributed by atoms with Crippen molar-refractivity contribution in [2.45, 2.75) is 72.1 Å². The number of aromatic nitrogens is 1. The van der Waals surface area contributed by atoms with Crippen LogP contribution in [0.25, 0.3) is 0 Å². The van der Waals surface area contributed by atoms with Crippen LogP contribution in [0.3, 0.4) is 0 Å². The molecule has 2 amide bonds. The van der Waals surface area contributed by atoms with Crippen molar-refractivity contribution in [1.82, 2.24) is 15.2 Å². The van der Waals surface area contributed by atoms with E-state index < -0.39 is 23.6 Å². The minimum atomic E-state index is -1.12. The number of urea groups is 1. The molecule has 0 aromatic carbocycles. The molecule has 1 aromatic rings. The fourth-order valence-corrected chi connectivity index (χ4v) is 2.95. The van der Waals surface area contributed by atoms with Crippen LogP contribution in [-0.4, -0.2) is 51.8 Å². The van der Waals surface area contributed by atoms with Crippen LogP contribution < -0.4 is 5.32 Å². The number of amides is 2. The van der Waals surface area contributed by atoms with Gasteiger partial charge in [-0.25, -0.2) is 14.6 Å². The Morgan fingerprint density at radius 3 is 2.50 bits per heavy atom. The van der Waals surface area contributed by atoms with Crippen molar-refractivity contribution in [3.63, 3.8) is 0 Å². The Balaban J connectivity index is 2.76. The zero-order chi connectivity index (χ0) is 19.9. The largest absolute Gasteiger partial charge is 0.480 e. The maximum Gasteiger partial charge on any atom is 0.328 e. The lowest BCUT2D eigenvalue weighted by Gasteiger charge is -2.26. The van der Waals surface area contributed by atoms with E-state index >= 15 is 0 Å². The maximum absolute atomic E-state index is 12.6. The summed E-state index contributed by atoms with van der Waals surface area (Å²) in [6.07, 6.45) is 0.769. The second-order valence-electron chi connectivity index (χ2n) is 7.52. The van der Waals surface area contributed by atoms with Gasteiger partial charge >= 0.3 is 12.0 Å². The number of thiazole rings is 1. The van der Waals surface area contributed by atoms with E-state index in [-0.39, 0.29) is 6.61 Å². The molecule has 0 saturated carbocycles. The Bertz CT molecular complexity index is 596. The molecule has 1 heterocycles. The molecule has 0 radical (unpaired) electrons. The average molecular weight is 386 g/mol. The summed E-state index contributed by atoms with van der Waals surface area (Å²) in [6.45, 7) is 12.4. The van der Waals surface area contributed by atoms with Crippen LogP contribution >= 0.6 is 11.3 Å². The summed E-state index contributed by atoms with van der Waals surface area (Å²) in [5.74, 6) is -0.775. The third-order valence-corrected chi connectivity index (χ3v) is 4.67. The van der Waals surface area contributed by atoms with E-state index in [1.54, 1.807) is 16.2 Å².